The minimum absolute atomic E-state index is 0.00670. The summed E-state index contributed by atoms with van der Waals surface area (Å²) >= 11 is 0. The molecule has 0 saturated carbocycles. The van der Waals surface area contributed by atoms with Crippen LogP contribution in [0.3, 0.4) is 0 Å². The zero-order valence-corrected chi connectivity index (χ0v) is 24.4. The molecule has 5 heterocycles. The number of rotatable bonds is 7. The van der Waals surface area contributed by atoms with Crippen LogP contribution in [0.2, 0.25) is 0 Å². The molecule has 1 aliphatic rings. The highest BCUT2D eigenvalue weighted by molar-refractivity contribution is 7.90. The first-order chi connectivity index (χ1) is 20.9. The maximum Gasteiger partial charge on any atom is 0.235 e. The fraction of sp³-hybridized carbons (Fsp3) is 0.219. The van der Waals surface area contributed by atoms with Gasteiger partial charge >= 0.3 is 0 Å². The van der Waals surface area contributed by atoms with E-state index in [2.05, 4.69) is 49.3 Å². The molecule has 7 rings (SSSR count). The third-order valence-electron chi connectivity index (χ3n) is 7.89. The van der Waals surface area contributed by atoms with Gasteiger partial charge in [-0.3, -0.25) is 19.4 Å². The average molecular weight is 591 g/mol. The maximum absolute atomic E-state index is 12.1. The number of piperidine rings is 1. The summed E-state index contributed by atoms with van der Waals surface area (Å²) in [4.78, 5) is 20.7. The van der Waals surface area contributed by atoms with Crippen LogP contribution in [-0.4, -0.2) is 67.2 Å². The number of hydrogen-bond donors (Lipinski definition) is 1. The van der Waals surface area contributed by atoms with E-state index in [4.69, 9.17) is 9.97 Å². The standard InChI is InChI=1S/C32H30N8O2S/c1-43(41,42)28-21-40-20-26(23-7-3-2-4-8-23)29(35-32(40)34-28)24-12-10-22(11-13-24)19-39-17-14-25(15-18-39)30-36-31(38-37-30)27-9-5-6-16-33-27/h2-13,16,20-21,25H,14-15,17-19H2,1H3,(H,36,37,38). The van der Waals surface area contributed by atoms with Crippen LogP contribution in [0.25, 0.3) is 39.7 Å². The van der Waals surface area contributed by atoms with Gasteiger partial charge in [0.05, 0.1) is 5.69 Å². The molecule has 0 unspecified atom stereocenters. The monoisotopic (exact) mass is 590 g/mol. The molecule has 43 heavy (non-hydrogen) atoms. The van der Waals surface area contributed by atoms with Gasteiger partial charge in [0.25, 0.3) is 0 Å². The van der Waals surface area contributed by atoms with Gasteiger partial charge in [0.1, 0.15) is 11.5 Å². The van der Waals surface area contributed by atoms with E-state index in [1.54, 1.807) is 10.6 Å². The van der Waals surface area contributed by atoms with E-state index < -0.39 is 9.84 Å². The second-order valence-electron chi connectivity index (χ2n) is 10.9. The first kappa shape index (κ1) is 27.1. The van der Waals surface area contributed by atoms with E-state index in [9.17, 15) is 8.42 Å². The summed E-state index contributed by atoms with van der Waals surface area (Å²) in [7, 11) is -3.46. The topological polar surface area (TPSA) is 122 Å². The molecule has 0 spiro atoms. The van der Waals surface area contributed by atoms with Crippen molar-refractivity contribution in [3.63, 3.8) is 0 Å². The number of aromatic nitrogens is 7. The van der Waals surface area contributed by atoms with Crippen molar-refractivity contribution in [2.24, 2.45) is 0 Å². The van der Waals surface area contributed by atoms with Gasteiger partial charge in [0.15, 0.2) is 20.7 Å². The van der Waals surface area contributed by atoms with Gasteiger partial charge in [-0.05, 0) is 49.2 Å². The molecule has 4 aromatic heterocycles. The van der Waals surface area contributed by atoms with E-state index in [0.717, 1.165) is 72.6 Å². The van der Waals surface area contributed by atoms with Gasteiger partial charge in [-0.25, -0.2) is 18.4 Å². The predicted octanol–water partition coefficient (Wildman–Crippen LogP) is 5.03. The molecule has 0 aliphatic carbocycles. The van der Waals surface area contributed by atoms with Gasteiger partial charge in [0, 0.05) is 48.4 Å². The lowest BCUT2D eigenvalue weighted by molar-refractivity contribution is 0.202. The highest BCUT2D eigenvalue weighted by Crippen LogP contribution is 2.32. The van der Waals surface area contributed by atoms with Gasteiger partial charge in [-0.1, -0.05) is 60.7 Å². The van der Waals surface area contributed by atoms with E-state index >= 15 is 0 Å². The Balaban J connectivity index is 1.07. The minimum atomic E-state index is -3.46. The van der Waals surface area contributed by atoms with Crippen molar-refractivity contribution in [2.45, 2.75) is 30.3 Å². The Morgan fingerprint density at radius 3 is 2.35 bits per heavy atom. The number of hydrogen-bond acceptors (Lipinski definition) is 8. The number of pyridine rings is 1. The Kier molecular flexibility index (Phi) is 7.04. The third-order valence-corrected chi connectivity index (χ3v) is 8.85. The molecule has 0 bridgehead atoms. The average Bonchev–Trinajstić information content (AvgIpc) is 3.70. The van der Waals surface area contributed by atoms with E-state index in [1.807, 2.05) is 54.7 Å². The van der Waals surface area contributed by atoms with Crippen molar-refractivity contribution in [3.05, 3.63) is 103 Å². The van der Waals surface area contributed by atoms with Crippen LogP contribution in [0, 0.1) is 0 Å². The van der Waals surface area contributed by atoms with Crippen molar-refractivity contribution in [1.82, 2.24) is 39.4 Å². The summed E-state index contributed by atoms with van der Waals surface area (Å²) in [5.74, 6) is 2.28. The van der Waals surface area contributed by atoms with Crippen LogP contribution in [0.5, 0.6) is 0 Å². The molecule has 1 N–H and O–H groups in total. The molecule has 1 saturated heterocycles. The predicted molar refractivity (Wildman–Crippen MR) is 164 cm³/mol. The van der Waals surface area contributed by atoms with Crippen LogP contribution >= 0.6 is 0 Å². The zero-order chi connectivity index (χ0) is 29.4. The number of nitrogens with one attached hydrogen (secondary N) is 1. The molecular weight excluding hydrogens is 560 g/mol. The summed E-state index contributed by atoms with van der Waals surface area (Å²) in [5.41, 5.74) is 5.60. The lowest BCUT2D eigenvalue weighted by Crippen LogP contribution is -2.32. The number of H-pyrrole nitrogens is 1. The van der Waals surface area contributed by atoms with Gasteiger partial charge < -0.3 is 0 Å². The number of aromatic amines is 1. The van der Waals surface area contributed by atoms with Crippen molar-refractivity contribution in [2.75, 3.05) is 19.3 Å². The molecule has 11 heteroatoms. The number of fused-ring (bicyclic) bond motifs is 1. The van der Waals surface area contributed by atoms with E-state index in [1.165, 1.54) is 11.8 Å². The number of benzene rings is 2. The van der Waals surface area contributed by atoms with Crippen molar-refractivity contribution in [3.8, 4) is 33.9 Å². The lowest BCUT2D eigenvalue weighted by atomic mass is 9.95. The van der Waals surface area contributed by atoms with Crippen molar-refractivity contribution >= 4 is 15.6 Å². The Morgan fingerprint density at radius 1 is 0.860 bits per heavy atom. The highest BCUT2D eigenvalue weighted by Gasteiger charge is 2.24. The second-order valence-corrected chi connectivity index (χ2v) is 12.9. The van der Waals surface area contributed by atoms with Gasteiger partial charge in [0.2, 0.25) is 5.78 Å². The number of likely N-dealkylation sites (tertiary alicyclic amines) is 1. The third kappa shape index (κ3) is 5.69. The Hall–Kier alpha value is -4.74. The quantitative estimate of drug-likeness (QED) is 0.275. The summed E-state index contributed by atoms with van der Waals surface area (Å²) in [6, 6.07) is 24.2. The second kappa shape index (κ2) is 11.2. The van der Waals surface area contributed by atoms with Crippen LogP contribution < -0.4 is 0 Å². The van der Waals surface area contributed by atoms with Crippen LogP contribution in [-0.2, 0) is 16.4 Å². The zero-order valence-electron chi connectivity index (χ0n) is 23.6. The van der Waals surface area contributed by atoms with Crippen molar-refractivity contribution < 1.29 is 8.42 Å². The minimum Gasteiger partial charge on any atom is -0.299 e. The summed E-state index contributed by atoms with van der Waals surface area (Å²) in [5, 5.41) is 7.53. The molecule has 1 fully saturated rings. The largest absolute Gasteiger partial charge is 0.299 e. The van der Waals surface area contributed by atoms with Crippen LogP contribution in [0.1, 0.15) is 30.1 Å². The first-order valence-corrected chi connectivity index (χ1v) is 16.1. The number of nitrogens with zero attached hydrogens (tertiary/aromatic N) is 7. The fourth-order valence-corrected chi connectivity index (χ4v) is 6.14. The fourth-order valence-electron chi connectivity index (χ4n) is 5.58. The van der Waals surface area contributed by atoms with Crippen LogP contribution in [0.4, 0.5) is 0 Å². The molecule has 6 aromatic rings. The van der Waals surface area contributed by atoms with Crippen molar-refractivity contribution in [1.29, 1.82) is 0 Å². The molecule has 10 nitrogen and oxygen atoms in total. The Morgan fingerprint density at radius 2 is 1.63 bits per heavy atom. The smallest absolute Gasteiger partial charge is 0.235 e. The normalized spacial score (nSPS) is 14.8. The maximum atomic E-state index is 12.1. The molecule has 0 atom stereocenters. The molecule has 216 valence electrons. The Bertz CT molecular complexity index is 1980. The summed E-state index contributed by atoms with van der Waals surface area (Å²) in [6.45, 7) is 2.81. The molecule has 0 radical (unpaired) electrons. The highest BCUT2D eigenvalue weighted by atomic mass is 32.2. The lowest BCUT2D eigenvalue weighted by Gasteiger charge is -2.31. The first-order valence-electron chi connectivity index (χ1n) is 14.2. The van der Waals surface area contributed by atoms with Gasteiger partial charge in [-0.2, -0.15) is 10.1 Å². The number of imidazole rings is 1. The number of sulfone groups is 1. The summed E-state index contributed by atoms with van der Waals surface area (Å²) in [6.07, 6.45) is 8.35. The van der Waals surface area contributed by atoms with E-state index in [-0.39, 0.29) is 5.03 Å². The molecular formula is C32H30N8O2S. The Labute approximate surface area is 249 Å². The van der Waals surface area contributed by atoms with E-state index in [0.29, 0.717) is 17.5 Å². The van der Waals surface area contributed by atoms with Gasteiger partial charge in [-0.15, -0.1) is 0 Å². The molecule has 1 aliphatic heterocycles. The molecule has 0 amide bonds. The van der Waals surface area contributed by atoms with Crippen LogP contribution in [0.15, 0.2) is 96.4 Å². The summed E-state index contributed by atoms with van der Waals surface area (Å²) < 4.78 is 26.0. The SMILES string of the molecule is CS(=O)(=O)c1cn2cc(-c3ccccc3)c(-c3ccc(CN4CCC(c5nc(-c6ccccn6)n[nH]5)CC4)cc3)nc2n1. The molecule has 2 aromatic carbocycles.